The van der Waals surface area contributed by atoms with Gasteiger partial charge in [-0.3, -0.25) is 4.90 Å². The Kier molecular flexibility index (Phi) is 22.7. The monoisotopic (exact) mass is 1200 g/mol. The van der Waals surface area contributed by atoms with Gasteiger partial charge in [-0.2, -0.15) is 8.61 Å². The molecule has 412 valence electrons. The highest BCUT2D eigenvalue weighted by molar-refractivity contribution is 9.09. The lowest BCUT2D eigenvalue weighted by molar-refractivity contribution is 0.0183. The number of sulfonamides is 2. The summed E-state index contributed by atoms with van der Waals surface area (Å²) in [6, 6.07) is 21.0. The van der Waals surface area contributed by atoms with Crippen molar-refractivity contribution in [3.05, 3.63) is 71.8 Å². The Labute approximate surface area is 464 Å². The van der Waals surface area contributed by atoms with Crippen molar-refractivity contribution in [2.75, 3.05) is 74.8 Å². The van der Waals surface area contributed by atoms with Crippen LogP contribution < -0.4 is 5.73 Å². The molecule has 6 atom stereocenters. The Morgan fingerprint density at radius 1 is 0.653 bits per heavy atom. The summed E-state index contributed by atoms with van der Waals surface area (Å²) < 4.78 is 69.8. The second-order valence-electron chi connectivity index (χ2n) is 23.7. The molecule has 1 aliphatic heterocycles. The Morgan fingerprint density at radius 3 is 1.39 bits per heavy atom. The number of nitrogens with zero attached hydrogens (tertiary/aromatic N) is 3. The van der Waals surface area contributed by atoms with Crippen LogP contribution in [-0.4, -0.2) is 139 Å². The Hall–Kier alpha value is -0.240. The van der Waals surface area contributed by atoms with Gasteiger partial charge in [-0.25, -0.2) is 16.8 Å². The number of hydrogen-bond donors (Lipinski definition) is 1. The first-order valence-corrected chi connectivity index (χ1v) is 34.3. The number of ether oxygens (including phenoxy) is 2. The highest BCUT2D eigenvalue weighted by atomic mass is 79.9. The van der Waals surface area contributed by atoms with Crippen LogP contribution in [0.15, 0.2) is 60.7 Å². The van der Waals surface area contributed by atoms with Crippen LogP contribution in [0.1, 0.15) is 133 Å². The fourth-order valence-corrected chi connectivity index (χ4v) is 24.5. The van der Waals surface area contributed by atoms with E-state index in [-0.39, 0.29) is 66.8 Å². The molecule has 0 aromatic heterocycles. The molecule has 4 saturated carbocycles. The molecule has 6 unspecified atom stereocenters. The summed E-state index contributed by atoms with van der Waals surface area (Å²) in [4.78, 5) is 2.55. The van der Waals surface area contributed by atoms with Gasteiger partial charge < -0.3 is 15.2 Å². The van der Waals surface area contributed by atoms with Crippen molar-refractivity contribution in [3.8, 4) is 0 Å². The fourth-order valence-electron chi connectivity index (χ4n) is 14.5. The number of nitrogens with two attached hydrogens (primary N) is 1. The third-order valence-corrected chi connectivity index (χ3v) is 26.7. The maximum absolute atomic E-state index is 14.2. The van der Waals surface area contributed by atoms with Crippen molar-refractivity contribution in [2.24, 2.45) is 39.2 Å². The summed E-state index contributed by atoms with van der Waals surface area (Å²) in [6.45, 7) is 31.8. The predicted molar refractivity (Wildman–Crippen MR) is 315 cm³/mol. The Morgan fingerprint density at radius 2 is 1.03 bits per heavy atom. The number of halogens is 2. The van der Waals surface area contributed by atoms with Crippen LogP contribution >= 0.6 is 55.4 Å². The fraction of sp³-hybridized carbons (Fsp3) is 0.786. The summed E-state index contributed by atoms with van der Waals surface area (Å²) in [6.07, 6.45) is 6.33. The molecule has 2 N–H and O–H groups in total. The number of hydrogen-bond acceptors (Lipinski definition) is 10. The number of thioether (sulfide) groups is 2. The molecule has 2 aromatic carbocycles. The van der Waals surface area contributed by atoms with Gasteiger partial charge in [0.15, 0.2) is 0 Å². The van der Waals surface area contributed by atoms with Crippen LogP contribution in [-0.2, 0) is 41.0 Å². The van der Waals surface area contributed by atoms with E-state index in [1.165, 1.54) is 11.1 Å². The molecule has 5 aliphatic rings. The minimum Gasteiger partial charge on any atom is -0.380 e. The number of benzene rings is 2. The van der Waals surface area contributed by atoms with Crippen LogP contribution in [0.2, 0.25) is 0 Å². The molecule has 2 aromatic rings. The molecule has 10 nitrogen and oxygen atoms in total. The molecule has 72 heavy (non-hydrogen) atoms. The minimum absolute atomic E-state index is 0.0182. The predicted octanol–water partition coefficient (Wildman–Crippen LogP) is 12.0. The molecule has 1 saturated heterocycles. The molecule has 5 fully saturated rings. The lowest BCUT2D eigenvalue weighted by Crippen LogP contribution is -2.59. The van der Waals surface area contributed by atoms with Crippen LogP contribution in [0.4, 0.5) is 0 Å². The van der Waals surface area contributed by atoms with Gasteiger partial charge in [-0.15, -0.1) is 23.5 Å². The lowest BCUT2D eigenvalue weighted by atomic mass is 9.65. The van der Waals surface area contributed by atoms with Gasteiger partial charge in [0.05, 0.1) is 37.9 Å². The van der Waals surface area contributed by atoms with Gasteiger partial charge in [0.1, 0.15) is 0 Å². The van der Waals surface area contributed by atoms with E-state index in [2.05, 4.69) is 119 Å². The second kappa shape index (κ2) is 26.1. The molecule has 0 amide bonds. The highest BCUT2D eigenvalue weighted by Gasteiger charge is 2.73. The SMILES string of the molecule is BrCCOCCBr.CC(C)N(C(C)C)S(=O)(=O)CC12CCC(CC1(CN)SCc1ccccc1)C2(C)C.CC(C)N(C(C)C)S(=O)(=O)CC12CCC(CC1(CN1CCOCC1)SCc1ccccc1)C2(C)C. The quantitative estimate of drug-likeness (QED) is 0.0850. The normalized spacial score (nSPS) is 28.8. The van der Waals surface area contributed by atoms with E-state index in [0.717, 1.165) is 107 Å². The topological polar surface area (TPSA) is 122 Å². The van der Waals surface area contributed by atoms with Crippen molar-refractivity contribution in [1.29, 1.82) is 0 Å². The first-order chi connectivity index (χ1) is 33.8. The average molecular weight is 1210 g/mol. The summed E-state index contributed by atoms with van der Waals surface area (Å²) in [5, 5.41) is 1.86. The maximum Gasteiger partial charge on any atom is 0.215 e. The highest BCUT2D eigenvalue weighted by Crippen LogP contribution is 2.75. The number of alkyl halides is 2. The molecule has 4 bridgehead atoms. The van der Waals surface area contributed by atoms with E-state index in [4.69, 9.17) is 15.2 Å². The largest absolute Gasteiger partial charge is 0.380 e. The van der Waals surface area contributed by atoms with E-state index in [1.54, 1.807) is 8.61 Å². The van der Waals surface area contributed by atoms with Crippen LogP contribution in [0.5, 0.6) is 0 Å². The summed E-state index contributed by atoms with van der Waals surface area (Å²) in [7, 11) is -6.86. The summed E-state index contributed by atoms with van der Waals surface area (Å²) in [5.41, 5.74) is 8.49. The van der Waals surface area contributed by atoms with Gasteiger partial charge >= 0.3 is 0 Å². The van der Waals surface area contributed by atoms with Crippen molar-refractivity contribution in [2.45, 2.75) is 167 Å². The van der Waals surface area contributed by atoms with Crippen molar-refractivity contribution in [1.82, 2.24) is 13.5 Å². The maximum atomic E-state index is 14.2. The number of morpholine rings is 1. The molecule has 7 rings (SSSR count). The molecule has 1 heterocycles. The molecule has 0 spiro atoms. The lowest BCUT2D eigenvalue weighted by Gasteiger charge is -2.53. The third-order valence-electron chi connectivity index (χ3n) is 17.9. The zero-order chi connectivity index (χ0) is 53.4. The molecular weight excluding hydrogens is 1110 g/mol. The van der Waals surface area contributed by atoms with E-state index in [0.29, 0.717) is 18.4 Å². The van der Waals surface area contributed by atoms with Crippen molar-refractivity contribution >= 4 is 75.4 Å². The first-order valence-electron chi connectivity index (χ1n) is 26.9. The smallest absolute Gasteiger partial charge is 0.215 e. The van der Waals surface area contributed by atoms with Crippen molar-refractivity contribution in [3.63, 3.8) is 0 Å². The van der Waals surface area contributed by atoms with Crippen molar-refractivity contribution < 1.29 is 26.3 Å². The van der Waals surface area contributed by atoms with E-state index in [1.807, 2.05) is 85.0 Å². The molecule has 16 heteroatoms. The van der Waals surface area contributed by atoms with Gasteiger partial charge in [0.2, 0.25) is 20.0 Å². The molecular formula is C56H94Br2N4O6S4. The zero-order valence-electron chi connectivity index (χ0n) is 46.1. The number of rotatable bonds is 23. The zero-order valence-corrected chi connectivity index (χ0v) is 52.6. The van der Waals surface area contributed by atoms with Gasteiger partial charge in [-0.05, 0) is 128 Å². The third kappa shape index (κ3) is 13.3. The van der Waals surface area contributed by atoms with Gasteiger partial charge in [0.25, 0.3) is 0 Å². The van der Waals surface area contributed by atoms with E-state index in [9.17, 15) is 16.8 Å². The van der Waals surface area contributed by atoms with Gasteiger partial charge in [-0.1, -0.05) is 120 Å². The number of fused-ring (bicyclic) bond motifs is 4. The van der Waals surface area contributed by atoms with Crippen LogP contribution in [0.3, 0.4) is 0 Å². The Balaban J connectivity index is 0.000000238. The van der Waals surface area contributed by atoms with E-state index < -0.39 is 20.0 Å². The summed E-state index contributed by atoms with van der Waals surface area (Å²) in [5.74, 6) is 3.36. The minimum atomic E-state index is -3.44. The van der Waals surface area contributed by atoms with E-state index >= 15 is 0 Å². The molecule has 4 aliphatic carbocycles. The summed E-state index contributed by atoms with van der Waals surface area (Å²) >= 11 is 10.4. The second-order valence-corrected chi connectivity index (χ2v) is 31.7. The van der Waals surface area contributed by atoms with Crippen LogP contribution in [0.25, 0.3) is 0 Å². The van der Waals surface area contributed by atoms with Crippen LogP contribution in [0, 0.1) is 33.5 Å². The Bertz CT molecular complexity index is 2180. The average Bonchev–Trinajstić information content (AvgIpc) is 3.83. The standard InChI is InChI=1S/C28H46N2O3S2.C24H40N2O2S2.C4H8Br2O/c1-22(2)30(23(3)4)35(31,32)21-27-13-12-25(26(27,5)6)18-28(27,20-29-14-16-33-17-15-29)34-19-24-10-8-7-9-11-24;1-18(2)26(19(3)4)30(27,28)17-23-13-12-21(22(23,5)6)14-24(23,16-25)29-15-20-10-8-7-9-11-20;5-1-3-7-4-2-6/h7-11,22-23,25H,12-21H2,1-6H3;7-11,18-19,21H,12-17,25H2,1-6H3;1-4H2. The van der Waals surface area contributed by atoms with Gasteiger partial charge in [0, 0.05) is 92.8 Å². The first kappa shape index (κ1) is 62.6. The molecule has 0 radical (unpaired) electrons.